The van der Waals surface area contributed by atoms with E-state index in [-0.39, 0.29) is 23.3 Å². The topological polar surface area (TPSA) is 123 Å². The van der Waals surface area contributed by atoms with Crippen LogP contribution in [-0.2, 0) is 14.3 Å². The number of nitro benzene ring substituents is 1. The van der Waals surface area contributed by atoms with Gasteiger partial charge in [0.05, 0.1) is 11.2 Å². The molecule has 156 valence electrons. The van der Waals surface area contributed by atoms with Crippen LogP contribution < -0.4 is 0 Å². The maximum absolute atomic E-state index is 12.2. The largest absolute Gasteiger partial charge is 0.459 e. The predicted octanol–water partition coefficient (Wildman–Crippen LogP) is 1.73. The maximum atomic E-state index is 12.2. The molecule has 0 aliphatic carbocycles. The van der Waals surface area contributed by atoms with E-state index < -0.39 is 17.5 Å². The van der Waals surface area contributed by atoms with Crippen molar-refractivity contribution in [1.29, 1.82) is 0 Å². The van der Waals surface area contributed by atoms with Crippen LogP contribution in [0.2, 0.25) is 0 Å². The zero-order chi connectivity index (χ0) is 21.5. The van der Waals surface area contributed by atoms with Crippen LogP contribution in [0.5, 0.6) is 0 Å². The van der Waals surface area contributed by atoms with Crippen molar-refractivity contribution in [1.82, 2.24) is 9.80 Å². The molecule has 10 heteroatoms. The highest BCUT2D eigenvalue weighted by Crippen LogP contribution is 2.14. The molecule has 0 N–H and O–H groups in total. The van der Waals surface area contributed by atoms with Gasteiger partial charge in [-0.2, -0.15) is 0 Å². The molecule has 1 saturated heterocycles. The van der Waals surface area contributed by atoms with E-state index in [2.05, 4.69) is 0 Å². The molecule has 1 aromatic heterocycles. The summed E-state index contributed by atoms with van der Waals surface area (Å²) in [5, 5.41) is 10.8. The number of nitro groups is 1. The summed E-state index contributed by atoms with van der Waals surface area (Å²) in [6.45, 7) is 0.931. The van der Waals surface area contributed by atoms with Crippen molar-refractivity contribution in [2.75, 3.05) is 32.8 Å². The highest BCUT2D eigenvalue weighted by Gasteiger charge is 2.26. The van der Waals surface area contributed by atoms with E-state index in [1.807, 2.05) is 0 Å². The second-order valence-electron chi connectivity index (χ2n) is 6.44. The quantitative estimate of drug-likeness (QED) is 0.306. The number of benzene rings is 1. The number of hydrogen-bond donors (Lipinski definition) is 0. The number of esters is 1. The average molecular weight is 413 g/mol. The number of carbonyl (C=O) groups excluding carboxylic acids is 3. The normalized spacial score (nSPS) is 14.0. The summed E-state index contributed by atoms with van der Waals surface area (Å²) in [5.41, 5.74) is 0.371. The number of rotatable bonds is 6. The molecular formula is C20H19N3O7. The van der Waals surface area contributed by atoms with Gasteiger partial charge in [0.15, 0.2) is 12.4 Å². The minimum atomic E-state index is -0.735. The fourth-order valence-corrected chi connectivity index (χ4v) is 2.89. The van der Waals surface area contributed by atoms with Crippen molar-refractivity contribution in [3.05, 3.63) is 70.2 Å². The van der Waals surface area contributed by atoms with Gasteiger partial charge in [-0.3, -0.25) is 19.7 Å². The number of piperazine rings is 1. The molecule has 0 saturated carbocycles. The minimum Gasteiger partial charge on any atom is -0.459 e. The molecule has 3 rings (SSSR count). The molecule has 2 heterocycles. The number of non-ortho nitro benzene ring substituents is 1. The lowest BCUT2D eigenvalue weighted by Gasteiger charge is -2.34. The Hall–Kier alpha value is -3.95. The number of furan rings is 1. The molecular weight excluding hydrogens is 394 g/mol. The van der Waals surface area contributed by atoms with E-state index in [4.69, 9.17) is 9.15 Å². The Balaban J connectivity index is 1.43. The Morgan fingerprint density at radius 3 is 2.50 bits per heavy atom. The van der Waals surface area contributed by atoms with Crippen LogP contribution in [0.1, 0.15) is 16.1 Å². The van der Waals surface area contributed by atoms with Gasteiger partial charge in [-0.25, -0.2) is 4.79 Å². The Morgan fingerprint density at radius 2 is 1.83 bits per heavy atom. The molecule has 0 unspecified atom stereocenters. The first-order valence-electron chi connectivity index (χ1n) is 9.14. The van der Waals surface area contributed by atoms with Crippen LogP contribution in [0.4, 0.5) is 5.69 Å². The molecule has 0 bridgehead atoms. The molecule has 1 aliphatic heterocycles. The summed E-state index contributed by atoms with van der Waals surface area (Å²) in [7, 11) is 0. The van der Waals surface area contributed by atoms with E-state index in [0.29, 0.717) is 31.7 Å². The Morgan fingerprint density at radius 1 is 1.10 bits per heavy atom. The summed E-state index contributed by atoms with van der Waals surface area (Å²) < 4.78 is 10.0. The predicted molar refractivity (Wildman–Crippen MR) is 104 cm³/mol. The van der Waals surface area contributed by atoms with Crippen molar-refractivity contribution >= 4 is 29.5 Å². The van der Waals surface area contributed by atoms with Crippen LogP contribution in [0.15, 0.2) is 53.2 Å². The average Bonchev–Trinajstić information content (AvgIpc) is 3.30. The monoisotopic (exact) mass is 413 g/mol. The van der Waals surface area contributed by atoms with Crippen LogP contribution in [0.25, 0.3) is 6.08 Å². The molecule has 10 nitrogen and oxygen atoms in total. The standard InChI is InChI=1S/C20H19N3O7/c24-18(21-8-10-22(11-9-21)20(26)17-5-2-12-29-17)14-30-19(25)7-6-15-3-1-4-16(13-15)23(27)28/h1-7,12-13H,8-11,14H2/b7-6+. The first-order chi connectivity index (χ1) is 14.4. The van der Waals surface area contributed by atoms with Crippen molar-refractivity contribution in [2.24, 2.45) is 0 Å². The Bertz CT molecular complexity index is 961. The molecule has 0 radical (unpaired) electrons. The van der Waals surface area contributed by atoms with Gasteiger partial charge in [0, 0.05) is 44.4 Å². The SMILES string of the molecule is O=C(/C=C/c1cccc([N+](=O)[O-])c1)OCC(=O)N1CCN(C(=O)c2ccco2)CC1. The van der Waals surface area contributed by atoms with Gasteiger partial charge < -0.3 is 19.0 Å². The van der Waals surface area contributed by atoms with Crippen molar-refractivity contribution in [3.8, 4) is 0 Å². The van der Waals surface area contributed by atoms with Gasteiger partial charge in [-0.05, 0) is 23.8 Å². The van der Waals surface area contributed by atoms with Gasteiger partial charge in [0.2, 0.25) is 0 Å². The van der Waals surface area contributed by atoms with Crippen molar-refractivity contribution < 1.29 is 28.5 Å². The zero-order valence-electron chi connectivity index (χ0n) is 15.9. The molecule has 2 aromatic rings. The first-order valence-corrected chi connectivity index (χ1v) is 9.14. The molecule has 1 aromatic carbocycles. The Kier molecular flexibility index (Phi) is 6.58. The fourth-order valence-electron chi connectivity index (χ4n) is 2.89. The first kappa shape index (κ1) is 20.8. The van der Waals surface area contributed by atoms with Gasteiger partial charge in [-0.1, -0.05) is 12.1 Å². The fraction of sp³-hybridized carbons (Fsp3) is 0.250. The van der Waals surface area contributed by atoms with Crippen molar-refractivity contribution in [3.63, 3.8) is 0 Å². The van der Waals surface area contributed by atoms with Crippen molar-refractivity contribution in [2.45, 2.75) is 0 Å². The molecule has 0 spiro atoms. The third kappa shape index (κ3) is 5.31. The number of carbonyl (C=O) groups is 3. The van der Waals surface area contributed by atoms with Gasteiger partial charge in [-0.15, -0.1) is 0 Å². The van der Waals surface area contributed by atoms with Gasteiger partial charge in [0.25, 0.3) is 17.5 Å². The number of ether oxygens (including phenoxy) is 1. The lowest BCUT2D eigenvalue weighted by Crippen LogP contribution is -2.51. The van der Waals surface area contributed by atoms with Gasteiger partial charge >= 0.3 is 5.97 Å². The Labute approximate surface area is 171 Å². The second kappa shape index (κ2) is 9.50. The minimum absolute atomic E-state index is 0.0923. The maximum Gasteiger partial charge on any atom is 0.331 e. The van der Waals surface area contributed by atoms with Gasteiger partial charge in [0.1, 0.15) is 0 Å². The van der Waals surface area contributed by atoms with Crippen LogP contribution in [-0.4, -0.2) is 65.3 Å². The number of hydrogen-bond acceptors (Lipinski definition) is 7. The van der Waals surface area contributed by atoms with E-state index in [1.165, 1.54) is 35.4 Å². The smallest absolute Gasteiger partial charge is 0.331 e. The lowest BCUT2D eigenvalue weighted by molar-refractivity contribution is -0.384. The second-order valence-corrected chi connectivity index (χ2v) is 6.44. The highest BCUT2D eigenvalue weighted by molar-refractivity contribution is 5.92. The van der Waals surface area contributed by atoms with E-state index >= 15 is 0 Å². The zero-order valence-corrected chi connectivity index (χ0v) is 15.9. The lowest BCUT2D eigenvalue weighted by atomic mass is 10.2. The summed E-state index contributed by atoms with van der Waals surface area (Å²) in [5.74, 6) is -1.08. The van der Waals surface area contributed by atoms with Crippen LogP contribution in [0.3, 0.4) is 0 Å². The molecule has 1 aliphatic rings. The summed E-state index contributed by atoms with van der Waals surface area (Å²) in [6.07, 6.45) is 3.90. The van der Waals surface area contributed by atoms with E-state index in [0.717, 1.165) is 6.08 Å². The number of nitrogens with zero attached hydrogens (tertiary/aromatic N) is 3. The van der Waals surface area contributed by atoms with E-state index in [1.54, 1.807) is 23.1 Å². The molecule has 1 fully saturated rings. The third-order valence-corrected chi connectivity index (χ3v) is 4.48. The summed E-state index contributed by atoms with van der Waals surface area (Å²) in [4.78, 5) is 49.6. The van der Waals surface area contributed by atoms with Crippen LogP contribution >= 0.6 is 0 Å². The molecule has 30 heavy (non-hydrogen) atoms. The molecule has 0 atom stereocenters. The molecule has 2 amide bonds. The summed E-state index contributed by atoms with van der Waals surface area (Å²) >= 11 is 0. The van der Waals surface area contributed by atoms with Crippen LogP contribution in [0, 0.1) is 10.1 Å². The summed E-state index contributed by atoms with van der Waals surface area (Å²) in [6, 6.07) is 8.98. The highest BCUT2D eigenvalue weighted by atomic mass is 16.6. The number of amides is 2. The third-order valence-electron chi connectivity index (χ3n) is 4.48. The van der Waals surface area contributed by atoms with E-state index in [9.17, 15) is 24.5 Å².